The van der Waals surface area contributed by atoms with E-state index in [4.69, 9.17) is 4.74 Å². The Labute approximate surface area is 132 Å². The molecule has 0 aliphatic heterocycles. The summed E-state index contributed by atoms with van der Waals surface area (Å²) < 4.78 is 5.17. The number of nitrogens with one attached hydrogen (secondary N) is 1. The van der Waals surface area contributed by atoms with Crippen LogP contribution < -0.4 is 10.1 Å². The van der Waals surface area contributed by atoms with Crippen molar-refractivity contribution in [1.29, 1.82) is 0 Å². The van der Waals surface area contributed by atoms with Crippen LogP contribution in [0.2, 0.25) is 0 Å². The molecule has 0 aliphatic carbocycles. The second-order valence-electron chi connectivity index (χ2n) is 5.17. The Morgan fingerprint density at radius 3 is 2.55 bits per heavy atom. The number of hydrogen-bond donors (Lipinski definition) is 1. The van der Waals surface area contributed by atoms with Crippen molar-refractivity contribution in [3.8, 4) is 5.75 Å². The molecular formula is C17H26N2O3. The fraction of sp³-hybridized carbons (Fsp3) is 0.529. The van der Waals surface area contributed by atoms with Crippen LogP contribution in [0.3, 0.4) is 0 Å². The zero-order chi connectivity index (χ0) is 16.4. The molecule has 0 atom stereocenters. The van der Waals surface area contributed by atoms with Gasteiger partial charge in [0.05, 0.1) is 12.7 Å². The van der Waals surface area contributed by atoms with Gasteiger partial charge in [0.1, 0.15) is 5.75 Å². The molecule has 0 fully saturated rings. The van der Waals surface area contributed by atoms with Crippen LogP contribution in [0.4, 0.5) is 0 Å². The molecule has 1 aromatic rings. The standard InChI is InChI=1S/C17H26N2O3/c1-4-5-8-12-19(14(2)20)13-11-18-17(21)15-9-6-7-10-16(15)22-3/h6-7,9-10H,4-5,8,11-13H2,1-3H3,(H,18,21). The fourth-order valence-electron chi connectivity index (χ4n) is 2.21. The van der Waals surface area contributed by atoms with Gasteiger partial charge in [-0.3, -0.25) is 9.59 Å². The number of hydrogen-bond acceptors (Lipinski definition) is 3. The van der Waals surface area contributed by atoms with Crippen molar-refractivity contribution in [1.82, 2.24) is 10.2 Å². The third-order valence-electron chi connectivity index (χ3n) is 3.50. The van der Waals surface area contributed by atoms with Crippen molar-refractivity contribution >= 4 is 11.8 Å². The number of unbranched alkanes of at least 4 members (excludes halogenated alkanes) is 2. The largest absolute Gasteiger partial charge is 0.496 e. The van der Waals surface area contributed by atoms with E-state index < -0.39 is 0 Å². The number of ether oxygens (including phenoxy) is 1. The summed E-state index contributed by atoms with van der Waals surface area (Å²) in [6.45, 7) is 5.40. The smallest absolute Gasteiger partial charge is 0.255 e. The number of para-hydroxylation sites is 1. The minimum atomic E-state index is -0.186. The molecule has 0 spiro atoms. The third kappa shape index (κ3) is 5.76. The van der Waals surface area contributed by atoms with Crippen LogP contribution >= 0.6 is 0 Å². The summed E-state index contributed by atoms with van der Waals surface area (Å²) in [5, 5.41) is 2.84. The second kappa shape index (κ2) is 9.82. The number of methoxy groups -OCH3 is 1. The predicted octanol–water partition coefficient (Wildman–Crippen LogP) is 2.46. The van der Waals surface area contributed by atoms with Gasteiger partial charge in [0.15, 0.2) is 0 Å². The molecule has 0 saturated carbocycles. The number of benzene rings is 1. The van der Waals surface area contributed by atoms with Gasteiger partial charge in [-0.1, -0.05) is 31.9 Å². The molecule has 0 radical (unpaired) electrons. The van der Waals surface area contributed by atoms with Crippen LogP contribution in [0, 0.1) is 0 Å². The van der Waals surface area contributed by atoms with E-state index in [1.54, 1.807) is 30.0 Å². The molecule has 0 heterocycles. The first-order valence-corrected chi connectivity index (χ1v) is 7.76. The van der Waals surface area contributed by atoms with E-state index in [0.29, 0.717) is 24.4 Å². The van der Waals surface area contributed by atoms with Crippen molar-refractivity contribution in [3.05, 3.63) is 29.8 Å². The molecule has 122 valence electrons. The Balaban J connectivity index is 2.47. The molecule has 1 rings (SSSR count). The van der Waals surface area contributed by atoms with E-state index >= 15 is 0 Å². The van der Waals surface area contributed by atoms with Gasteiger partial charge in [-0.05, 0) is 18.6 Å². The SMILES string of the molecule is CCCCCN(CCNC(=O)c1ccccc1OC)C(C)=O. The van der Waals surface area contributed by atoms with Gasteiger partial charge < -0.3 is 15.0 Å². The molecule has 1 aromatic carbocycles. The molecule has 0 aliphatic rings. The zero-order valence-corrected chi connectivity index (χ0v) is 13.7. The summed E-state index contributed by atoms with van der Waals surface area (Å²) in [4.78, 5) is 25.5. The highest BCUT2D eigenvalue weighted by Crippen LogP contribution is 2.16. The lowest BCUT2D eigenvalue weighted by atomic mass is 10.2. The fourth-order valence-corrected chi connectivity index (χ4v) is 2.21. The van der Waals surface area contributed by atoms with E-state index in [1.807, 2.05) is 6.07 Å². The first-order valence-electron chi connectivity index (χ1n) is 7.76. The first-order chi connectivity index (χ1) is 10.6. The molecule has 1 N–H and O–H groups in total. The number of carbonyl (C=O) groups is 2. The van der Waals surface area contributed by atoms with Crippen molar-refractivity contribution in [3.63, 3.8) is 0 Å². The minimum Gasteiger partial charge on any atom is -0.496 e. The first kappa shape index (κ1) is 18.0. The highest BCUT2D eigenvalue weighted by atomic mass is 16.5. The van der Waals surface area contributed by atoms with Gasteiger partial charge >= 0.3 is 0 Å². The quantitative estimate of drug-likeness (QED) is 0.713. The van der Waals surface area contributed by atoms with Crippen LogP contribution in [-0.4, -0.2) is 43.5 Å². The Morgan fingerprint density at radius 1 is 1.18 bits per heavy atom. The Hall–Kier alpha value is -2.04. The summed E-state index contributed by atoms with van der Waals surface area (Å²) in [5.74, 6) is 0.406. The molecule has 2 amide bonds. The summed E-state index contributed by atoms with van der Waals surface area (Å²) in [5.41, 5.74) is 0.505. The van der Waals surface area contributed by atoms with Crippen molar-refractivity contribution < 1.29 is 14.3 Å². The van der Waals surface area contributed by atoms with Gasteiger partial charge in [0.25, 0.3) is 5.91 Å². The van der Waals surface area contributed by atoms with E-state index in [0.717, 1.165) is 25.8 Å². The van der Waals surface area contributed by atoms with Crippen LogP contribution in [0.1, 0.15) is 43.5 Å². The number of rotatable bonds is 9. The molecule has 0 bridgehead atoms. The van der Waals surface area contributed by atoms with Crippen LogP contribution in [0.25, 0.3) is 0 Å². The van der Waals surface area contributed by atoms with Crippen LogP contribution in [0.5, 0.6) is 5.75 Å². The Kier molecular flexibility index (Phi) is 8.04. The zero-order valence-electron chi connectivity index (χ0n) is 13.7. The van der Waals surface area contributed by atoms with Crippen LogP contribution in [-0.2, 0) is 4.79 Å². The highest BCUT2D eigenvalue weighted by Gasteiger charge is 2.12. The normalized spacial score (nSPS) is 10.1. The summed E-state index contributed by atoms with van der Waals surface area (Å²) in [6.07, 6.45) is 3.23. The second-order valence-corrected chi connectivity index (χ2v) is 5.17. The molecule has 0 unspecified atom stereocenters. The van der Waals surface area contributed by atoms with E-state index in [2.05, 4.69) is 12.2 Å². The van der Waals surface area contributed by atoms with Crippen molar-refractivity contribution in [2.45, 2.75) is 33.1 Å². The van der Waals surface area contributed by atoms with Gasteiger partial charge in [-0.2, -0.15) is 0 Å². The van der Waals surface area contributed by atoms with Gasteiger partial charge in [-0.25, -0.2) is 0 Å². The van der Waals surface area contributed by atoms with E-state index in [9.17, 15) is 9.59 Å². The molecule has 0 saturated heterocycles. The minimum absolute atomic E-state index is 0.0441. The lowest BCUT2D eigenvalue weighted by Gasteiger charge is -2.21. The van der Waals surface area contributed by atoms with Crippen molar-refractivity contribution in [2.24, 2.45) is 0 Å². The Morgan fingerprint density at radius 2 is 1.91 bits per heavy atom. The van der Waals surface area contributed by atoms with Crippen molar-refractivity contribution in [2.75, 3.05) is 26.7 Å². The molecule has 22 heavy (non-hydrogen) atoms. The van der Waals surface area contributed by atoms with E-state index in [-0.39, 0.29) is 11.8 Å². The van der Waals surface area contributed by atoms with Gasteiger partial charge in [-0.15, -0.1) is 0 Å². The maximum Gasteiger partial charge on any atom is 0.255 e. The molecular weight excluding hydrogens is 280 g/mol. The molecule has 5 heteroatoms. The third-order valence-corrected chi connectivity index (χ3v) is 3.50. The maximum atomic E-state index is 12.1. The van der Waals surface area contributed by atoms with Gasteiger partial charge in [0, 0.05) is 26.6 Å². The maximum absolute atomic E-state index is 12.1. The molecule has 5 nitrogen and oxygen atoms in total. The van der Waals surface area contributed by atoms with E-state index in [1.165, 1.54) is 7.11 Å². The Bertz CT molecular complexity index is 489. The topological polar surface area (TPSA) is 58.6 Å². The average molecular weight is 306 g/mol. The highest BCUT2D eigenvalue weighted by molar-refractivity contribution is 5.96. The summed E-state index contributed by atoms with van der Waals surface area (Å²) >= 11 is 0. The number of carbonyl (C=O) groups excluding carboxylic acids is 2. The average Bonchev–Trinajstić information content (AvgIpc) is 2.53. The number of amides is 2. The van der Waals surface area contributed by atoms with Gasteiger partial charge in [0.2, 0.25) is 5.91 Å². The number of nitrogens with zero attached hydrogens (tertiary/aromatic N) is 1. The lowest BCUT2D eigenvalue weighted by Crippen LogP contribution is -2.38. The predicted molar refractivity (Wildman–Crippen MR) is 87.1 cm³/mol. The lowest BCUT2D eigenvalue weighted by molar-refractivity contribution is -0.128. The monoisotopic (exact) mass is 306 g/mol. The summed E-state index contributed by atoms with van der Waals surface area (Å²) in [7, 11) is 1.54. The van der Waals surface area contributed by atoms with Crippen LogP contribution in [0.15, 0.2) is 24.3 Å². The summed E-state index contributed by atoms with van der Waals surface area (Å²) in [6, 6.07) is 7.09. The molecule has 0 aromatic heterocycles.